The third kappa shape index (κ3) is 2.20. The van der Waals surface area contributed by atoms with E-state index in [0.717, 1.165) is 5.56 Å². The highest BCUT2D eigenvalue weighted by molar-refractivity contribution is 6.34. The predicted octanol–water partition coefficient (Wildman–Crippen LogP) is 2.16. The fraction of sp³-hybridized carbons (Fsp3) is 0.0909. The van der Waals surface area contributed by atoms with Crippen molar-refractivity contribution in [3.63, 3.8) is 0 Å². The lowest BCUT2D eigenvalue weighted by molar-refractivity contribution is 0.809. The molecule has 0 aliphatic heterocycles. The molecule has 0 saturated carbocycles. The van der Waals surface area contributed by atoms with E-state index >= 15 is 0 Å². The van der Waals surface area contributed by atoms with Crippen molar-refractivity contribution in [3.8, 4) is 0 Å². The van der Waals surface area contributed by atoms with Crippen LogP contribution in [0.2, 0.25) is 10.2 Å². The molecule has 3 heterocycles. The average molecular weight is 295 g/mol. The van der Waals surface area contributed by atoms with Gasteiger partial charge in [-0.15, -0.1) is 0 Å². The number of nitrogens with zero attached hydrogens (tertiary/aromatic N) is 5. The predicted molar refractivity (Wildman–Crippen MR) is 73.1 cm³/mol. The average Bonchev–Trinajstić information content (AvgIpc) is 2.78. The van der Waals surface area contributed by atoms with Gasteiger partial charge in [-0.05, 0) is 6.07 Å². The number of hydrogen-bond donors (Lipinski definition) is 1. The van der Waals surface area contributed by atoms with Crippen molar-refractivity contribution in [1.29, 1.82) is 0 Å². The van der Waals surface area contributed by atoms with Crippen LogP contribution in [-0.2, 0) is 6.54 Å². The maximum absolute atomic E-state index is 6.11. The maximum atomic E-state index is 6.11. The van der Waals surface area contributed by atoms with Gasteiger partial charge in [0.2, 0.25) is 0 Å². The van der Waals surface area contributed by atoms with Gasteiger partial charge in [-0.25, -0.2) is 19.9 Å². The molecule has 0 aliphatic rings. The molecule has 0 unspecified atom stereocenters. The summed E-state index contributed by atoms with van der Waals surface area (Å²) in [6, 6.07) is 1.60. The highest BCUT2D eigenvalue weighted by Gasteiger charge is 2.10. The van der Waals surface area contributed by atoms with Gasteiger partial charge in [-0.1, -0.05) is 23.2 Å². The molecule has 0 saturated heterocycles. The highest BCUT2D eigenvalue weighted by Crippen LogP contribution is 2.21. The molecular formula is C11H8Cl2N6. The van der Waals surface area contributed by atoms with Crippen LogP contribution in [0.25, 0.3) is 11.2 Å². The topological polar surface area (TPSA) is 82.5 Å². The summed E-state index contributed by atoms with van der Waals surface area (Å²) in [6.45, 7) is 0.482. The first-order valence-corrected chi connectivity index (χ1v) is 6.12. The minimum absolute atomic E-state index is 0.351. The number of aromatic nitrogens is 5. The molecule has 3 aromatic heterocycles. The Morgan fingerprint density at radius 3 is 2.79 bits per heavy atom. The van der Waals surface area contributed by atoms with Crippen LogP contribution in [0, 0.1) is 0 Å². The number of hydrogen-bond acceptors (Lipinski definition) is 5. The molecule has 0 aromatic carbocycles. The zero-order valence-electron chi connectivity index (χ0n) is 9.59. The van der Waals surface area contributed by atoms with Gasteiger partial charge >= 0.3 is 0 Å². The van der Waals surface area contributed by atoms with Crippen LogP contribution in [-0.4, -0.2) is 24.5 Å². The van der Waals surface area contributed by atoms with Crippen LogP contribution in [0.1, 0.15) is 5.56 Å². The number of anilines is 1. The molecule has 8 heteroatoms. The Morgan fingerprint density at radius 1 is 1.16 bits per heavy atom. The van der Waals surface area contributed by atoms with Crippen molar-refractivity contribution in [2.24, 2.45) is 0 Å². The molecule has 0 atom stereocenters. The van der Waals surface area contributed by atoms with Crippen LogP contribution in [0.4, 0.5) is 5.82 Å². The lowest BCUT2D eigenvalue weighted by Crippen LogP contribution is -2.01. The smallest absolute Gasteiger partial charge is 0.165 e. The van der Waals surface area contributed by atoms with Gasteiger partial charge in [0.1, 0.15) is 17.0 Å². The molecule has 19 heavy (non-hydrogen) atoms. The summed E-state index contributed by atoms with van der Waals surface area (Å²) >= 11 is 11.9. The van der Waals surface area contributed by atoms with Gasteiger partial charge in [-0.3, -0.25) is 0 Å². The Balaban J connectivity index is 2.04. The molecule has 3 rings (SSSR count). The van der Waals surface area contributed by atoms with Gasteiger partial charge < -0.3 is 10.3 Å². The standard InChI is InChI=1S/C11H8Cl2N6/c12-7-1-8(13)15-2-6(7)3-19-5-18-9-10(14)16-4-17-11(9)19/h1-2,4-5H,3H2,(H2,14,16,17). The molecule has 0 bridgehead atoms. The fourth-order valence-corrected chi connectivity index (χ4v) is 2.18. The first kappa shape index (κ1) is 12.1. The molecule has 0 aliphatic carbocycles. The lowest BCUT2D eigenvalue weighted by atomic mass is 10.3. The van der Waals surface area contributed by atoms with Gasteiger partial charge in [0.25, 0.3) is 0 Å². The molecule has 0 amide bonds. The van der Waals surface area contributed by atoms with Crippen LogP contribution in [0.3, 0.4) is 0 Å². The zero-order valence-corrected chi connectivity index (χ0v) is 11.1. The van der Waals surface area contributed by atoms with Crippen molar-refractivity contribution >= 4 is 40.2 Å². The Morgan fingerprint density at radius 2 is 2.00 bits per heavy atom. The number of halogens is 2. The summed E-state index contributed by atoms with van der Waals surface area (Å²) in [4.78, 5) is 16.2. The lowest BCUT2D eigenvalue weighted by Gasteiger charge is -2.06. The normalized spacial score (nSPS) is 11.1. The number of nitrogens with two attached hydrogens (primary N) is 1. The second-order valence-corrected chi connectivity index (χ2v) is 4.70. The SMILES string of the molecule is Nc1ncnc2c1ncn2Cc1cnc(Cl)cc1Cl. The highest BCUT2D eigenvalue weighted by atomic mass is 35.5. The molecule has 96 valence electrons. The van der Waals surface area contributed by atoms with Gasteiger partial charge in [0, 0.05) is 11.8 Å². The molecular weight excluding hydrogens is 287 g/mol. The third-order valence-corrected chi connectivity index (χ3v) is 3.23. The Labute approximate surface area is 118 Å². The number of imidazole rings is 1. The molecule has 6 nitrogen and oxygen atoms in total. The van der Waals surface area contributed by atoms with Crippen molar-refractivity contribution in [3.05, 3.63) is 40.7 Å². The first-order chi connectivity index (χ1) is 9.15. The monoisotopic (exact) mass is 294 g/mol. The number of rotatable bonds is 2. The largest absolute Gasteiger partial charge is 0.382 e. The second-order valence-electron chi connectivity index (χ2n) is 3.90. The van der Waals surface area contributed by atoms with E-state index in [-0.39, 0.29) is 0 Å². The summed E-state index contributed by atoms with van der Waals surface area (Å²) in [7, 11) is 0. The Kier molecular flexibility index (Phi) is 2.96. The number of pyridine rings is 1. The van der Waals surface area contributed by atoms with Crippen molar-refractivity contribution in [1.82, 2.24) is 24.5 Å². The second kappa shape index (κ2) is 4.64. The minimum Gasteiger partial charge on any atom is -0.382 e. The van der Waals surface area contributed by atoms with Crippen molar-refractivity contribution in [2.75, 3.05) is 5.73 Å². The summed E-state index contributed by atoms with van der Waals surface area (Å²) in [5, 5.41) is 0.902. The molecule has 0 radical (unpaired) electrons. The number of fused-ring (bicyclic) bond motifs is 1. The van der Waals surface area contributed by atoms with Crippen molar-refractivity contribution in [2.45, 2.75) is 6.54 Å². The van der Waals surface area contributed by atoms with Crippen LogP contribution in [0.15, 0.2) is 24.9 Å². The summed E-state index contributed by atoms with van der Waals surface area (Å²) in [5.74, 6) is 0.351. The van der Waals surface area contributed by atoms with Crippen LogP contribution >= 0.6 is 23.2 Å². The Bertz CT molecular complexity index is 754. The van der Waals surface area contributed by atoms with E-state index in [1.807, 2.05) is 4.57 Å². The van der Waals surface area contributed by atoms with E-state index in [9.17, 15) is 0 Å². The van der Waals surface area contributed by atoms with Gasteiger partial charge in [0.05, 0.1) is 17.9 Å². The van der Waals surface area contributed by atoms with E-state index in [1.54, 1.807) is 18.6 Å². The van der Waals surface area contributed by atoms with Crippen molar-refractivity contribution < 1.29 is 0 Å². The van der Waals surface area contributed by atoms with E-state index in [4.69, 9.17) is 28.9 Å². The van der Waals surface area contributed by atoms with E-state index in [1.165, 1.54) is 6.33 Å². The van der Waals surface area contributed by atoms with Gasteiger partial charge in [-0.2, -0.15) is 0 Å². The fourth-order valence-electron chi connectivity index (χ4n) is 1.75. The van der Waals surface area contributed by atoms with E-state index in [2.05, 4.69) is 19.9 Å². The Hall–Kier alpha value is -1.92. The summed E-state index contributed by atoms with van der Waals surface area (Å²) in [5.41, 5.74) is 7.77. The zero-order chi connectivity index (χ0) is 13.4. The summed E-state index contributed by atoms with van der Waals surface area (Å²) in [6.07, 6.45) is 4.67. The van der Waals surface area contributed by atoms with E-state index < -0.39 is 0 Å². The molecule has 0 spiro atoms. The van der Waals surface area contributed by atoms with E-state index in [0.29, 0.717) is 33.7 Å². The third-order valence-electron chi connectivity index (χ3n) is 2.67. The molecule has 0 fully saturated rings. The van der Waals surface area contributed by atoms with Crippen LogP contribution in [0.5, 0.6) is 0 Å². The number of nitrogen functional groups attached to an aromatic ring is 1. The molecule has 3 aromatic rings. The quantitative estimate of drug-likeness (QED) is 0.732. The van der Waals surface area contributed by atoms with Gasteiger partial charge in [0.15, 0.2) is 11.5 Å². The minimum atomic E-state index is 0.351. The first-order valence-electron chi connectivity index (χ1n) is 5.36. The van der Waals surface area contributed by atoms with Crippen LogP contribution < -0.4 is 5.73 Å². The summed E-state index contributed by atoms with van der Waals surface area (Å²) < 4.78 is 1.82. The molecule has 2 N–H and O–H groups in total. The maximum Gasteiger partial charge on any atom is 0.165 e.